The third-order valence-electron chi connectivity index (χ3n) is 3.39. The molecule has 0 unspecified atom stereocenters. The van der Waals surface area contributed by atoms with Crippen LogP contribution in [0.5, 0.6) is 0 Å². The molecule has 6 nitrogen and oxygen atoms in total. The fourth-order valence-electron chi connectivity index (χ4n) is 2.11. The van der Waals surface area contributed by atoms with Gasteiger partial charge in [-0.05, 0) is 37.5 Å². The molecule has 2 rings (SSSR count). The molecular formula is C13H18N2O4S. The van der Waals surface area contributed by atoms with Crippen LogP contribution in [0.2, 0.25) is 0 Å². The Morgan fingerprint density at radius 2 is 2.00 bits per heavy atom. The third-order valence-corrected chi connectivity index (χ3v) is 4.30. The summed E-state index contributed by atoms with van der Waals surface area (Å²) >= 11 is 0. The summed E-state index contributed by atoms with van der Waals surface area (Å²) in [5.41, 5.74) is 1.27. The van der Waals surface area contributed by atoms with Crippen LogP contribution in [0, 0.1) is 12.8 Å². The molecule has 20 heavy (non-hydrogen) atoms. The van der Waals surface area contributed by atoms with Gasteiger partial charge in [0, 0.05) is 24.8 Å². The average Bonchev–Trinajstić information content (AvgIpc) is 2.41. The second kappa shape index (κ2) is 5.90. The lowest BCUT2D eigenvalue weighted by molar-refractivity contribution is -0.122. The largest absolute Gasteiger partial charge is 0.381 e. The van der Waals surface area contributed by atoms with Crippen molar-refractivity contribution in [2.24, 2.45) is 11.1 Å². The molecule has 1 aliphatic rings. The number of nitrogens with two attached hydrogens (primary N) is 1. The number of amides is 1. The Hall–Kier alpha value is -1.44. The number of anilines is 1. The number of nitrogens with one attached hydrogen (secondary N) is 1. The van der Waals surface area contributed by atoms with Gasteiger partial charge in [0.2, 0.25) is 15.9 Å². The highest BCUT2D eigenvalue weighted by Gasteiger charge is 2.22. The van der Waals surface area contributed by atoms with E-state index in [0.29, 0.717) is 31.7 Å². The van der Waals surface area contributed by atoms with Crippen LogP contribution >= 0.6 is 0 Å². The van der Waals surface area contributed by atoms with Crippen molar-refractivity contribution in [3.05, 3.63) is 23.8 Å². The standard InChI is InChI=1S/C13H18N2O4S/c1-9-2-3-11(20(14,17)18)8-12(9)15-13(16)10-4-6-19-7-5-10/h2-3,8,10H,4-7H2,1H3,(H,15,16)(H2,14,17,18). The fourth-order valence-corrected chi connectivity index (χ4v) is 2.65. The van der Waals surface area contributed by atoms with Crippen LogP contribution in [-0.2, 0) is 19.6 Å². The first-order valence-corrected chi connectivity index (χ1v) is 7.94. The van der Waals surface area contributed by atoms with Crippen LogP contribution in [0.4, 0.5) is 5.69 Å². The van der Waals surface area contributed by atoms with Gasteiger partial charge in [-0.2, -0.15) is 0 Å². The summed E-state index contributed by atoms with van der Waals surface area (Å²) in [5.74, 6) is -0.204. The highest BCUT2D eigenvalue weighted by Crippen LogP contribution is 2.22. The smallest absolute Gasteiger partial charge is 0.238 e. The highest BCUT2D eigenvalue weighted by atomic mass is 32.2. The van der Waals surface area contributed by atoms with Crippen LogP contribution in [0.3, 0.4) is 0 Å². The van der Waals surface area contributed by atoms with Crippen molar-refractivity contribution in [3.8, 4) is 0 Å². The molecule has 0 aromatic heterocycles. The molecule has 1 saturated heterocycles. The van der Waals surface area contributed by atoms with E-state index in [1.807, 2.05) is 0 Å². The number of rotatable bonds is 3. The number of benzene rings is 1. The zero-order chi connectivity index (χ0) is 14.8. The summed E-state index contributed by atoms with van der Waals surface area (Å²) < 4.78 is 27.9. The van der Waals surface area contributed by atoms with E-state index in [0.717, 1.165) is 5.56 Å². The van der Waals surface area contributed by atoms with Crippen molar-refractivity contribution in [1.82, 2.24) is 0 Å². The first-order chi connectivity index (χ1) is 9.38. The second-order valence-electron chi connectivity index (χ2n) is 4.90. The molecule has 3 N–H and O–H groups in total. The molecule has 1 aromatic carbocycles. The van der Waals surface area contributed by atoms with Crippen LogP contribution in [-0.4, -0.2) is 27.5 Å². The zero-order valence-electron chi connectivity index (χ0n) is 11.3. The van der Waals surface area contributed by atoms with Crippen molar-refractivity contribution in [1.29, 1.82) is 0 Å². The number of hydrogen-bond donors (Lipinski definition) is 2. The van der Waals surface area contributed by atoms with Gasteiger partial charge in [0.15, 0.2) is 0 Å². The maximum absolute atomic E-state index is 12.1. The second-order valence-corrected chi connectivity index (χ2v) is 6.46. The first kappa shape index (κ1) is 15.0. The summed E-state index contributed by atoms with van der Waals surface area (Å²) in [5, 5.41) is 7.87. The van der Waals surface area contributed by atoms with Crippen molar-refractivity contribution in [2.45, 2.75) is 24.7 Å². The monoisotopic (exact) mass is 298 g/mol. The fraction of sp³-hybridized carbons (Fsp3) is 0.462. The van der Waals surface area contributed by atoms with E-state index in [1.54, 1.807) is 13.0 Å². The number of primary sulfonamides is 1. The molecule has 0 radical (unpaired) electrons. The van der Waals surface area contributed by atoms with Crippen molar-refractivity contribution in [3.63, 3.8) is 0 Å². The Morgan fingerprint density at radius 1 is 1.35 bits per heavy atom. The third kappa shape index (κ3) is 3.56. The normalized spacial score (nSPS) is 16.9. The Kier molecular flexibility index (Phi) is 4.42. The van der Waals surface area contributed by atoms with Crippen molar-refractivity contribution >= 4 is 21.6 Å². The topological polar surface area (TPSA) is 98.5 Å². The number of aryl methyl sites for hydroxylation is 1. The van der Waals surface area contributed by atoms with Crippen LogP contribution < -0.4 is 10.5 Å². The SMILES string of the molecule is Cc1ccc(S(N)(=O)=O)cc1NC(=O)C1CCOCC1. The molecule has 110 valence electrons. The van der Waals surface area contributed by atoms with Gasteiger partial charge in [-0.15, -0.1) is 0 Å². The maximum atomic E-state index is 12.1. The summed E-state index contributed by atoms with van der Waals surface area (Å²) in [6.45, 7) is 2.95. The zero-order valence-corrected chi connectivity index (χ0v) is 12.1. The molecule has 0 aliphatic carbocycles. The van der Waals surface area contributed by atoms with E-state index in [2.05, 4.69) is 5.32 Å². The predicted octanol–water partition coefficient (Wildman–Crippen LogP) is 1.01. The van der Waals surface area contributed by atoms with Gasteiger partial charge in [0.1, 0.15) is 0 Å². The summed E-state index contributed by atoms with van der Waals surface area (Å²) in [6.07, 6.45) is 1.36. The molecule has 0 atom stereocenters. The summed E-state index contributed by atoms with van der Waals surface area (Å²) in [7, 11) is -3.77. The lowest BCUT2D eigenvalue weighted by Gasteiger charge is -2.21. The van der Waals surface area contributed by atoms with E-state index in [-0.39, 0.29) is 16.7 Å². The van der Waals surface area contributed by atoms with Gasteiger partial charge in [-0.25, -0.2) is 13.6 Å². The molecule has 1 fully saturated rings. The Bertz CT molecular complexity index is 607. The minimum Gasteiger partial charge on any atom is -0.381 e. The molecule has 7 heteroatoms. The molecule has 1 heterocycles. The van der Waals surface area contributed by atoms with Crippen LogP contribution in [0.15, 0.2) is 23.1 Å². The minimum absolute atomic E-state index is 0.00891. The van der Waals surface area contributed by atoms with Gasteiger partial charge in [-0.1, -0.05) is 6.07 Å². The van der Waals surface area contributed by atoms with Crippen molar-refractivity contribution in [2.75, 3.05) is 18.5 Å². The average molecular weight is 298 g/mol. The predicted molar refractivity (Wildman–Crippen MR) is 74.7 cm³/mol. The van der Waals surface area contributed by atoms with Gasteiger partial charge in [0.05, 0.1) is 4.90 Å². The summed E-state index contributed by atoms with van der Waals surface area (Å²) in [6, 6.07) is 4.44. The van der Waals surface area contributed by atoms with Gasteiger partial charge >= 0.3 is 0 Å². The van der Waals surface area contributed by atoms with E-state index < -0.39 is 10.0 Å². The summed E-state index contributed by atoms with van der Waals surface area (Å²) in [4.78, 5) is 12.1. The molecule has 0 spiro atoms. The van der Waals surface area contributed by atoms with Gasteiger partial charge < -0.3 is 10.1 Å². The van der Waals surface area contributed by atoms with Gasteiger partial charge in [0.25, 0.3) is 0 Å². The quantitative estimate of drug-likeness (QED) is 0.870. The molecule has 1 aromatic rings. The maximum Gasteiger partial charge on any atom is 0.238 e. The number of carbonyl (C=O) groups excluding carboxylic acids is 1. The highest BCUT2D eigenvalue weighted by molar-refractivity contribution is 7.89. The lowest BCUT2D eigenvalue weighted by atomic mass is 9.99. The van der Waals surface area contributed by atoms with E-state index in [9.17, 15) is 13.2 Å². The Labute approximate surface area is 118 Å². The Balaban J connectivity index is 2.18. The lowest BCUT2D eigenvalue weighted by Crippen LogP contribution is -2.28. The van der Waals surface area contributed by atoms with Crippen LogP contribution in [0.1, 0.15) is 18.4 Å². The number of sulfonamides is 1. The van der Waals surface area contributed by atoms with Crippen LogP contribution in [0.25, 0.3) is 0 Å². The number of hydrogen-bond acceptors (Lipinski definition) is 4. The van der Waals surface area contributed by atoms with E-state index >= 15 is 0 Å². The number of ether oxygens (including phenoxy) is 1. The Morgan fingerprint density at radius 3 is 2.60 bits per heavy atom. The molecular weight excluding hydrogens is 280 g/mol. The molecule has 0 bridgehead atoms. The molecule has 1 amide bonds. The first-order valence-electron chi connectivity index (χ1n) is 6.40. The van der Waals surface area contributed by atoms with E-state index in [4.69, 9.17) is 9.88 Å². The van der Waals surface area contributed by atoms with E-state index in [1.165, 1.54) is 12.1 Å². The van der Waals surface area contributed by atoms with Crippen molar-refractivity contribution < 1.29 is 17.9 Å². The molecule has 0 saturated carbocycles. The molecule has 1 aliphatic heterocycles. The van der Waals surface area contributed by atoms with Gasteiger partial charge in [-0.3, -0.25) is 4.79 Å². The number of carbonyl (C=O) groups is 1. The minimum atomic E-state index is -3.77.